The Morgan fingerprint density at radius 1 is 0.941 bits per heavy atom. The molecule has 1 aliphatic heterocycles. The van der Waals surface area contributed by atoms with Crippen molar-refractivity contribution in [1.29, 1.82) is 0 Å². The van der Waals surface area contributed by atoms with Crippen molar-refractivity contribution in [2.45, 2.75) is 93.6 Å². The summed E-state index contributed by atoms with van der Waals surface area (Å²) in [4.78, 5) is 22.7. The van der Waals surface area contributed by atoms with Gasteiger partial charge in [-0.1, -0.05) is 12.8 Å². The van der Waals surface area contributed by atoms with Gasteiger partial charge < -0.3 is 60.7 Å². The number of hydrogen-bond donors (Lipinski definition) is 10. The van der Waals surface area contributed by atoms with Crippen LogP contribution in [0.5, 0.6) is 0 Å². The number of rotatable bonds is 16. The van der Waals surface area contributed by atoms with Gasteiger partial charge in [-0.05, 0) is 12.8 Å². The van der Waals surface area contributed by atoms with E-state index < -0.39 is 86.6 Å². The minimum atomic E-state index is -2.03. The third-order valence-corrected chi connectivity index (χ3v) is 5.46. The lowest BCUT2D eigenvalue weighted by Gasteiger charge is -2.41. The largest absolute Gasteiger partial charge is 0.481 e. The van der Waals surface area contributed by atoms with E-state index in [4.69, 9.17) is 19.7 Å². The van der Waals surface area contributed by atoms with Crippen molar-refractivity contribution < 1.29 is 65.0 Å². The second kappa shape index (κ2) is 15.5. The Morgan fingerprint density at radius 3 is 2.18 bits per heavy atom. The maximum atomic E-state index is 12.2. The van der Waals surface area contributed by atoms with Crippen molar-refractivity contribution in [3.05, 3.63) is 0 Å². The lowest BCUT2D eigenvalue weighted by Crippen LogP contribution is -2.61. The van der Waals surface area contributed by atoms with Gasteiger partial charge in [0.15, 0.2) is 12.4 Å². The number of carbonyl (C=O) groups is 2. The Bertz CT molecular complexity index is 607. The Labute approximate surface area is 196 Å². The minimum absolute atomic E-state index is 0.0484. The summed E-state index contributed by atoms with van der Waals surface area (Å²) in [5.41, 5.74) is 0. The third kappa shape index (κ3) is 9.65. The fourth-order valence-corrected chi connectivity index (χ4v) is 3.40. The van der Waals surface area contributed by atoms with Gasteiger partial charge in [-0.25, -0.2) is 0 Å². The molecule has 14 heteroatoms. The number of aliphatic hydroxyl groups excluding tert-OH is 8. The fourth-order valence-electron chi connectivity index (χ4n) is 3.40. The molecule has 0 radical (unpaired) electrons. The molecule has 1 rings (SSSR count). The summed E-state index contributed by atoms with van der Waals surface area (Å²) in [6.07, 6.45) is -13.5. The van der Waals surface area contributed by atoms with E-state index >= 15 is 0 Å². The van der Waals surface area contributed by atoms with E-state index in [-0.39, 0.29) is 13.0 Å². The zero-order valence-electron chi connectivity index (χ0n) is 18.7. The minimum Gasteiger partial charge on any atom is -0.481 e. The quantitative estimate of drug-likeness (QED) is 0.0906. The van der Waals surface area contributed by atoms with E-state index in [1.54, 1.807) is 0 Å². The molecule has 0 aromatic rings. The first kappa shape index (κ1) is 30.6. The Hall–Kier alpha value is -1.46. The summed E-state index contributed by atoms with van der Waals surface area (Å²) >= 11 is 0. The number of carbonyl (C=O) groups excluding carboxylic acids is 1. The zero-order chi connectivity index (χ0) is 25.8. The summed E-state index contributed by atoms with van der Waals surface area (Å²) in [6, 6.07) is 0. The molecule has 0 aromatic carbocycles. The summed E-state index contributed by atoms with van der Waals surface area (Å²) in [5.74, 6) is -1.85. The van der Waals surface area contributed by atoms with Crippen LogP contribution < -0.4 is 5.32 Å². The average molecular weight is 500 g/mol. The fraction of sp³-hybridized carbons (Fsp3) is 0.900. The predicted octanol–water partition coefficient (Wildman–Crippen LogP) is -4.21. The first-order valence-corrected chi connectivity index (χ1v) is 11.1. The van der Waals surface area contributed by atoms with Gasteiger partial charge in [0.25, 0.3) is 5.91 Å². The standard InChI is InChI=1S/C20H37NO13/c22-8-10(24)7-11(33-20-18(31)16(29)15(28)12(9-23)34-20)14(27)17(30)19(32)21-6-4-2-1-3-5-13(25)26/h10-12,14-18,20,22-24,27-31H,1-9H2,(H,21,32)(H,25,26)/t10-,11+,12+,14+,15+,16-,17+,18+,20+/m0/s1. The molecule has 10 N–H and O–H groups in total. The number of carboxylic acids is 1. The van der Waals surface area contributed by atoms with Crippen LogP contribution in [0.15, 0.2) is 0 Å². The summed E-state index contributed by atoms with van der Waals surface area (Å²) in [6.45, 7) is -1.34. The highest BCUT2D eigenvalue weighted by atomic mass is 16.7. The SMILES string of the molecule is O=C(O)CCCCCCNC(=O)[C@H](O)[C@H](O)[C@@H](C[C@H](O)CO)O[C@@H]1O[C@H](CO)[C@@H](O)[C@H](O)[C@H]1O. The molecule has 0 aromatic heterocycles. The van der Waals surface area contributed by atoms with Gasteiger partial charge in [0.2, 0.25) is 0 Å². The van der Waals surface area contributed by atoms with Crippen LogP contribution in [0.4, 0.5) is 0 Å². The summed E-state index contributed by atoms with van der Waals surface area (Å²) in [7, 11) is 0. The molecule has 1 saturated heterocycles. The molecule has 1 aliphatic rings. The molecular formula is C20H37NO13. The molecule has 200 valence electrons. The third-order valence-electron chi connectivity index (χ3n) is 5.46. The normalized spacial score (nSPS) is 28.6. The molecule has 0 bridgehead atoms. The van der Waals surface area contributed by atoms with Gasteiger partial charge in [0, 0.05) is 19.4 Å². The number of carboxylic acid groups (broad SMARTS) is 1. The number of ether oxygens (including phenoxy) is 2. The van der Waals surface area contributed by atoms with Crippen molar-refractivity contribution in [1.82, 2.24) is 5.32 Å². The van der Waals surface area contributed by atoms with Crippen LogP contribution in [-0.4, -0.2) is 133 Å². The number of nitrogens with one attached hydrogen (secondary N) is 1. The van der Waals surface area contributed by atoms with E-state index in [0.717, 1.165) is 0 Å². The topological polar surface area (TPSA) is 247 Å². The molecular weight excluding hydrogens is 462 g/mol. The Balaban J connectivity index is 2.69. The monoisotopic (exact) mass is 499 g/mol. The molecule has 0 saturated carbocycles. The predicted molar refractivity (Wildman–Crippen MR) is 112 cm³/mol. The summed E-state index contributed by atoms with van der Waals surface area (Å²) < 4.78 is 10.6. The smallest absolute Gasteiger partial charge is 0.303 e. The molecule has 0 spiro atoms. The van der Waals surface area contributed by atoms with Crippen molar-refractivity contribution in [3.8, 4) is 0 Å². The highest BCUT2D eigenvalue weighted by Gasteiger charge is 2.46. The summed E-state index contributed by atoms with van der Waals surface area (Å²) in [5, 5.41) is 89.7. The highest BCUT2D eigenvalue weighted by molar-refractivity contribution is 5.81. The number of amides is 1. The van der Waals surface area contributed by atoms with Crippen LogP contribution in [0.2, 0.25) is 0 Å². The van der Waals surface area contributed by atoms with E-state index in [0.29, 0.717) is 25.7 Å². The molecule has 9 atom stereocenters. The van der Waals surface area contributed by atoms with Crippen molar-refractivity contribution in [3.63, 3.8) is 0 Å². The molecule has 14 nitrogen and oxygen atoms in total. The number of aliphatic carboxylic acids is 1. The van der Waals surface area contributed by atoms with Crippen LogP contribution in [-0.2, 0) is 19.1 Å². The number of hydrogen-bond acceptors (Lipinski definition) is 12. The van der Waals surface area contributed by atoms with Crippen molar-refractivity contribution in [2.24, 2.45) is 0 Å². The van der Waals surface area contributed by atoms with Crippen molar-refractivity contribution in [2.75, 3.05) is 19.8 Å². The molecule has 0 aliphatic carbocycles. The average Bonchev–Trinajstić information content (AvgIpc) is 2.81. The maximum Gasteiger partial charge on any atom is 0.303 e. The van der Waals surface area contributed by atoms with E-state index in [1.807, 2.05) is 0 Å². The Morgan fingerprint density at radius 2 is 1.59 bits per heavy atom. The first-order valence-electron chi connectivity index (χ1n) is 11.1. The van der Waals surface area contributed by atoms with Crippen molar-refractivity contribution >= 4 is 11.9 Å². The lowest BCUT2D eigenvalue weighted by atomic mass is 9.98. The molecule has 34 heavy (non-hydrogen) atoms. The lowest BCUT2D eigenvalue weighted by molar-refractivity contribution is -0.320. The van der Waals surface area contributed by atoms with E-state index in [1.165, 1.54) is 0 Å². The van der Waals surface area contributed by atoms with E-state index in [9.17, 15) is 45.3 Å². The van der Waals surface area contributed by atoms with Gasteiger partial charge >= 0.3 is 5.97 Å². The van der Waals surface area contributed by atoms with Crippen LogP contribution >= 0.6 is 0 Å². The highest BCUT2D eigenvalue weighted by Crippen LogP contribution is 2.25. The van der Waals surface area contributed by atoms with Crippen LogP contribution in [0.25, 0.3) is 0 Å². The second-order valence-corrected chi connectivity index (χ2v) is 8.23. The van der Waals surface area contributed by atoms with Gasteiger partial charge in [0.05, 0.1) is 25.4 Å². The van der Waals surface area contributed by atoms with Crippen LogP contribution in [0, 0.1) is 0 Å². The van der Waals surface area contributed by atoms with Gasteiger partial charge in [-0.15, -0.1) is 0 Å². The van der Waals surface area contributed by atoms with Crippen LogP contribution in [0.1, 0.15) is 38.5 Å². The maximum absolute atomic E-state index is 12.2. The zero-order valence-corrected chi connectivity index (χ0v) is 18.7. The van der Waals surface area contributed by atoms with Crippen LogP contribution in [0.3, 0.4) is 0 Å². The van der Waals surface area contributed by atoms with E-state index in [2.05, 4.69) is 5.32 Å². The molecule has 1 amide bonds. The first-order chi connectivity index (χ1) is 16.0. The number of aliphatic hydroxyl groups is 8. The van der Waals surface area contributed by atoms with Gasteiger partial charge in [0.1, 0.15) is 30.5 Å². The second-order valence-electron chi connectivity index (χ2n) is 8.23. The van der Waals surface area contributed by atoms with Gasteiger partial charge in [-0.2, -0.15) is 0 Å². The Kier molecular flexibility index (Phi) is 14.0. The molecule has 0 unspecified atom stereocenters. The molecule has 1 fully saturated rings. The van der Waals surface area contributed by atoms with Gasteiger partial charge in [-0.3, -0.25) is 9.59 Å². The molecule has 1 heterocycles. The number of unbranched alkanes of at least 4 members (excludes halogenated alkanes) is 3.